The predicted molar refractivity (Wildman–Crippen MR) is 83.2 cm³/mol. The van der Waals surface area contributed by atoms with Gasteiger partial charge >= 0.3 is 5.97 Å². The Bertz CT molecular complexity index is 662. The van der Waals surface area contributed by atoms with Crippen LogP contribution >= 0.6 is 0 Å². The second-order valence-corrected chi connectivity index (χ2v) is 5.09. The molecule has 0 heterocycles. The second-order valence-electron chi connectivity index (χ2n) is 5.09. The Balaban J connectivity index is 2.13. The number of aryl methyl sites for hydroxylation is 1. The summed E-state index contributed by atoms with van der Waals surface area (Å²) in [4.78, 5) is 22.8. The van der Waals surface area contributed by atoms with E-state index < -0.39 is 5.97 Å². The van der Waals surface area contributed by atoms with Crippen LogP contribution < -0.4 is 4.74 Å². The summed E-state index contributed by atoms with van der Waals surface area (Å²) in [6.45, 7) is 2.25. The number of rotatable bonds is 7. The fraction of sp³-hybridized carbons (Fsp3) is 0.222. The van der Waals surface area contributed by atoms with Gasteiger partial charge in [0.15, 0.2) is 5.78 Å². The first-order chi connectivity index (χ1) is 10.6. The molecule has 0 fully saturated rings. The Kier molecular flexibility index (Phi) is 5.31. The van der Waals surface area contributed by atoms with Gasteiger partial charge in [-0.2, -0.15) is 0 Å². The molecule has 0 aliphatic rings. The van der Waals surface area contributed by atoms with Gasteiger partial charge in [0.1, 0.15) is 12.4 Å². The maximum Gasteiger partial charge on any atom is 0.303 e. The number of Topliss-reactive ketones (excluding diaryl/α,β-unsaturated/α-hetero) is 1. The molecule has 0 amide bonds. The van der Waals surface area contributed by atoms with Crippen molar-refractivity contribution >= 4 is 11.8 Å². The van der Waals surface area contributed by atoms with Gasteiger partial charge in [0.05, 0.1) is 12.0 Å². The highest BCUT2D eigenvalue weighted by atomic mass is 16.5. The molecule has 0 saturated heterocycles. The zero-order valence-corrected chi connectivity index (χ0v) is 12.4. The minimum absolute atomic E-state index is 0.0273. The molecule has 2 aromatic rings. The third kappa shape index (κ3) is 4.45. The van der Waals surface area contributed by atoms with Gasteiger partial charge in [-0.25, -0.2) is 0 Å². The maximum absolute atomic E-state index is 12.2. The van der Waals surface area contributed by atoms with Crippen LogP contribution in [0.25, 0.3) is 0 Å². The van der Waals surface area contributed by atoms with Crippen LogP contribution in [0.1, 0.15) is 34.3 Å². The Morgan fingerprint density at radius 2 is 1.77 bits per heavy atom. The van der Waals surface area contributed by atoms with Crippen molar-refractivity contribution < 1.29 is 19.4 Å². The van der Waals surface area contributed by atoms with Crippen LogP contribution in [0, 0.1) is 6.92 Å². The third-order valence-corrected chi connectivity index (χ3v) is 3.24. The third-order valence-electron chi connectivity index (χ3n) is 3.24. The normalized spacial score (nSPS) is 10.2. The first-order valence-corrected chi connectivity index (χ1v) is 7.08. The Morgan fingerprint density at radius 1 is 1.05 bits per heavy atom. The first-order valence-electron chi connectivity index (χ1n) is 7.08. The summed E-state index contributed by atoms with van der Waals surface area (Å²) < 4.78 is 5.74. The van der Waals surface area contributed by atoms with E-state index in [1.54, 1.807) is 12.1 Å². The van der Waals surface area contributed by atoms with Crippen molar-refractivity contribution in [1.29, 1.82) is 0 Å². The van der Waals surface area contributed by atoms with E-state index in [0.29, 0.717) is 17.9 Å². The van der Waals surface area contributed by atoms with Gasteiger partial charge in [0.25, 0.3) is 0 Å². The number of benzene rings is 2. The van der Waals surface area contributed by atoms with Crippen LogP contribution in [0.3, 0.4) is 0 Å². The second kappa shape index (κ2) is 7.41. The molecule has 0 radical (unpaired) electrons. The molecule has 0 spiro atoms. The van der Waals surface area contributed by atoms with Gasteiger partial charge in [0.2, 0.25) is 0 Å². The number of hydrogen-bond donors (Lipinski definition) is 1. The molecule has 0 bridgehead atoms. The zero-order valence-electron chi connectivity index (χ0n) is 12.4. The molecule has 0 aliphatic carbocycles. The molecule has 1 N–H and O–H groups in total. The van der Waals surface area contributed by atoms with Gasteiger partial charge in [-0.3, -0.25) is 9.59 Å². The molecule has 22 heavy (non-hydrogen) atoms. The van der Waals surface area contributed by atoms with Crippen molar-refractivity contribution in [2.24, 2.45) is 0 Å². The van der Waals surface area contributed by atoms with E-state index in [4.69, 9.17) is 9.84 Å². The van der Waals surface area contributed by atoms with Crippen molar-refractivity contribution in [3.63, 3.8) is 0 Å². The molecule has 114 valence electrons. The molecule has 0 aliphatic heterocycles. The number of ether oxygens (including phenoxy) is 1. The summed E-state index contributed by atoms with van der Waals surface area (Å²) >= 11 is 0. The summed E-state index contributed by atoms with van der Waals surface area (Å²) in [5.41, 5.74) is 2.38. The Hall–Kier alpha value is -2.62. The Labute approximate surface area is 129 Å². The molecule has 0 unspecified atom stereocenters. The fourth-order valence-corrected chi connectivity index (χ4v) is 2.08. The molecule has 4 nitrogen and oxygen atoms in total. The van der Waals surface area contributed by atoms with Crippen molar-refractivity contribution in [3.8, 4) is 5.75 Å². The minimum Gasteiger partial charge on any atom is -0.488 e. The number of carboxylic acids is 1. The molecule has 2 aromatic carbocycles. The maximum atomic E-state index is 12.2. The number of hydrogen-bond acceptors (Lipinski definition) is 3. The lowest BCUT2D eigenvalue weighted by Gasteiger charge is -2.11. The fourth-order valence-electron chi connectivity index (χ4n) is 2.08. The van der Waals surface area contributed by atoms with Gasteiger partial charge < -0.3 is 9.84 Å². The Morgan fingerprint density at radius 3 is 2.45 bits per heavy atom. The van der Waals surface area contributed by atoms with Crippen molar-refractivity contribution in [2.45, 2.75) is 26.4 Å². The average molecular weight is 298 g/mol. The SMILES string of the molecule is Cc1ccc(OCc2ccccc2)c(C(=O)CCC(=O)O)c1. The van der Waals surface area contributed by atoms with Crippen molar-refractivity contribution in [3.05, 3.63) is 65.2 Å². The largest absolute Gasteiger partial charge is 0.488 e. The predicted octanol–water partition coefficient (Wildman–Crippen LogP) is 3.62. The van der Waals surface area contributed by atoms with Crippen molar-refractivity contribution in [2.75, 3.05) is 0 Å². The topological polar surface area (TPSA) is 63.6 Å². The van der Waals surface area contributed by atoms with E-state index in [1.165, 1.54) is 0 Å². The van der Waals surface area contributed by atoms with E-state index in [9.17, 15) is 9.59 Å². The number of ketones is 1. The first kappa shape index (κ1) is 15.8. The zero-order chi connectivity index (χ0) is 15.9. The molecule has 4 heteroatoms. The highest BCUT2D eigenvalue weighted by molar-refractivity contribution is 6.00. The highest BCUT2D eigenvalue weighted by Crippen LogP contribution is 2.23. The summed E-state index contributed by atoms with van der Waals surface area (Å²) in [5.74, 6) is -0.702. The quantitative estimate of drug-likeness (QED) is 0.793. The number of carbonyl (C=O) groups excluding carboxylic acids is 1. The number of aliphatic carboxylic acids is 1. The monoisotopic (exact) mass is 298 g/mol. The summed E-state index contributed by atoms with van der Waals surface area (Å²) in [6, 6.07) is 15.0. The summed E-state index contributed by atoms with van der Waals surface area (Å²) in [6.07, 6.45) is -0.203. The summed E-state index contributed by atoms with van der Waals surface area (Å²) in [7, 11) is 0. The molecule has 0 aromatic heterocycles. The van der Waals surface area contributed by atoms with Crippen molar-refractivity contribution in [1.82, 2.24) is 0 Å². The highest BCUT2D eigenvalue weighted by Gasteiger charge is 2.14. The van der Waals surface area contributed by atoms with E-state index >= 15 is 0 Å². The van der Waals surface area contributed by atoms with Crippen LogP contribution in [0.2, 0.25) is 0 Å². The molecule has 2 rings (SSSR count). The van der Waals surface area contributed by atoms with Gasteiger partial charge in [-0.1, -0.05) is 42.0 Å². The number of carbonyl (C=O) groups is 2. The van der Waals surface area contributed by atoms with Crippen LogP contribution in [-0.4, -0.2) is 16.9 Å². The van der Waals surface area contributed by atoms with E-state index in [1.807, 2.05) is 43.3 Å². The van der Waals surface area contributed by atoms with E-state index in [-0.39, 0.29) is 18.6 Å². The lowest BCUT2D eigenvalue weighted by molar-refractivity contribution is -0.136. The van der Waals surface area contributed by atoms with Gasteiger partial charge in [-0.05, 0) is 24.6 Å². The smallest absolute Gasteiger partial charge is 0.303 e. The van der Waals surface area contributed by atoms with Crippen LogP contribution in [0.5, 0.6) is 5.75 Å². The minimum atomic E-state index is -0.979. The van der Waals surface area contributed by atoms with E-state index in [0.717, 1.165) is 11.1 Å². The average Bonchev–Trinajstić information content (AvgIpc) is 2.52. The number of carboxylic acid groups (broad SMARTS) is 1. The molecular formula is C18H18O4. The lowest BCUT2D eigenvalue weighted by Crippen LogP contribution is -2.07. The standard InChI is InChI=1S/C18H18O4/c1-13-7-9-17(22-12-14-5-3-2-4-6-14)15(11-13)16(19)8-10-18(20)21/h2-7,9,11H,8,10,12H2,1H3,(H,20,21). The lowest BCUT2D eigenvalue weighted by atomic mass is 10.0. The van der Waals surface area contributed by atoms with Crippen LogP contribution in [-0.2, 0) is 11.4 Å². The van der Waals surface area contributed by atoms with E-state index in [2.05, 4.69) is 0 Å². The van der Waals surface area contributed by atoms with Crippen LogP contribution in [0.15, 0.2) is 48.5 Å². The molecule has 0 atom stereocenters. The van der Waals surface area contributed by atoms with Gasteiger partial charge in [-0.15, -0.1) is 0 Å². The summed E-state index contributed by atoms with van der Waals surface area (Å²) in [5, 5.41) is 8.70. The van der Waals surface area contributed by atoms with Gasteiger partial charge in [0, 0.05) is 6.42 Å². The molecular weight excluding hydrogens is 280 g/mol. The van der Waals surface area contributed by atoms with Crippen LogP contribution in [0.4, 0.5) is 0 Å². The molecule has 0 saturated carbocycles.